The Morgan fingerprint density at radius 3 is 2.16 bits per heavy atom. The first-order valence-corrected chi connectivity index (χ1v) is 7.07. The van der Waals surface area contributed by atoms with Crippen molar-refractivity contribution in [2.75, 3.05) is 26.7 Å². The van der Waals surface area contributed by atoms with E-state index in [0.29, 0.717) is 35.7 Å². The molecule has 3 nitrogen and oxygen atoms in total. The number of rotatable bonds is 8. The molecule has 0 bridgehead atoms. The van der Waals surface area contributed by atoms with E-state index < -0.39 is 0 Å². The molecule has 0 aliphatic rings. The van der Waals surface area contributed by atoms with Crippen LogP contribution in [0.2, 0.25) is 0 Å². The number of benzene rings is 1. The van der Waals surface area contributed by atoms with Crippen LogP contribution in [-0.2, 0) is 0 Å². The lowest BCUT2D eigenvalue weighted by atomic mass is 10.1. The van der Waals surface area contributed by atoms with Gasteiger partial charge in [-0.15, -0.1) is 11.6 Å². The molecule has 0 fully saturated rings. The summed E-state index contributed by atoms with van der Waals surface area (Å²) in [5.74, 6) is 3.34. The molecule has 0 radical (unpaired) electrons. The molecule has 0 spiro atoms. The van der Waals surface area contributed by atoms with Crippen LogP contribution in [0.1, 0.15) is 25.3 Å². The smallest absolute Gasteiger partial charge is 0.203 e. The van der Waals surface area contributed by atoms with Gasteiger partial charge >= 0.3 is 0 Å². The number of alkyl halides is 1. The highest BCUT2D eigenvalue weighted by molar-refractivity contribution is 6.17. The van der Waals surface area contributed by atoms with Crippen molar-refractivity contribution in [3.63, 3.8) is 0 Å². The summed E-state index contributed by atoms with van der Waals surface area (Å²) in [7, 11) is 3.27. The second-order valence-electron chi connectivity index (χ2n) is 4.72. The van der Waals surface area contributed by atoms with Crippen molar-refractivity contribution < 1.29 is 14.2 Å². The largest absolute Gasteiger partial charge is 0.493 e. The van der Waals surface area contributed by atoms with E-state index in [9.17, 15) is 0 Å². The van der Waals surface area contributed by atoms with Gasteiger partial charge in [0.15, 0.2) is 11.5 Å². The fourth-order valence-electron chi connectivity index (χ4n) is 1.85. The predicted octanol–water partition coefficient (Wildman–Crippen LogP) is 4.05. The summed E-state index contributed by atoms with van der Waals surface area (Å²) in [4.78, 5) is 0. The molecule has 0 amide bonds. The van der Waals surface area contributed by atoms with Crippen molar-refractivity contribution in [2.24, 2.45) is 5.92 Å². The molecule has 1 unspecified atom stereocenters. The molecule has 19 heavy (non-hydrogen) atoms. The first-order valence-electron chi connectivity index (χ1n) is 6.53. The second-order valence-corrected chi connectivity index (χ2v) is 5.10. The first kappa shape index (κ1) is 16.0. The normalized spacial score (nSPS) is 12.1. The Balaban J connectivity index is 2.71. The molecule has 0 saturated heterocycles. The van der Waals surface area contributed by atoms with Crippen molar-refractivity contribution >= 4 is 11.6 Å². The lowest BCUT2D eigenvalue weighted by Gasteiger charge is -2.16. The maximum atomic E-state index is 5.83. The average molecular weight is 287 g/mol. The molecule has 0 aromatic heterocycles. The molecule has 0 heterocycles. The Hall–Kier alpha value is -1.09. The van der Waals surface area contributed by atoms with Crippen molar-refractivity contribution in [3.8, 4) is 17.2 Å². The molecule has 1 atom stereocenters. The molecular formula is C15H23ClO3. The molecular weight excluding hydrogens is 264 g/mol. The summed E-state index contributed by atoms with van der Waals surface area (Å²) in [6, 6.07) is 3.89. The minimum Gasteiger partial charge on any atom is -0.493 e. The Labute approximate surface area is 120 Å². The van der Waals surface area contributed by atoms with Gasteiger partial charge in [0.05, 0.1) is 20.8 Å². The number of halogens is 1. The van der Waals surface area contributed by atoms with Crippen LogP contribution in [0.4, 0.5) is 0 Å². The second kappa shape index (κ2) is 8.16. The van der Waals surface area contributed by atoms with Crippen LogP contribution in [0.25, 0.3) is 0 Å². The summed E-state index contributed by atoms with van der Waals surface area (Å²) < 4.78 is 16.5. The molecule has 0 saturated carbocycles. The van der Waals surface area contributed by atoms with E-state index in [1.165, 1.54) is 0 Å². The maximum absolute atomic E-state index is 5.83. The Morgan fingerprint density at radius 1 is 1.11 bits per heavy atom. The Kier molecular flexibility index (Phi) is 6.85. The van der Waals surface area contributed by atoms with Gasteiger partial charge in [-0.05, 0) is 43.4 Å². The highest BCUT2D eigenvalue weighted by Crippen LogP contribution is 2.38. The molecule has 0 aliphatic carbocycles. The molecule has 0 aliphatic heterocycles. The third kappa shape index (κ3) is 4.83. The van der Waals surface area contributed by atoms with E-state index in [0.717, 1.165) is 18.4 Å². The summed E-state index contributed by atoms with van der Waals surface area (Å²) >= 11 is 5.72. The fraction of sp³-hybridized carbons (Fsp3) is 0.600. The van der Waals surface area contributed by atoms with Gasteiger partial charge in [-0.2, -0.15) is 0 Å². The average Bonchev–Trinajstić information content (AvgIpc) is 2.39. The van der Waals surface area contributed by atoms with Gasteiger partial charge in [0.2, 0.25) is 5.75 Å². The number of aryl methyl sites for hydroxylation is 1. The van der Waals surface area contributed by atoms with Gasteiger partial charge in [-0.3, -0.25) is 0 Å². The molecule has 108 valence electrons. The lowest BCUT2D eigenvalue weighted by molar-refractivity contribution is 0.253. The SMILES string of the molecule is COc1cc(C)cc(OC)c1OCCC(C)CCCl. The predicted molar refractivity (Wildman–Crippen MR) is 78.9 cm³/mol. The van der Waals surface area contributed by atoms with Gasteiger partial charge < -0.3 is 14.2 Å². The topological polar surface area (TPSA) is 27.7 Å². The van der Waals surface area contributed by atoms with Crippen molar-refractivity contribution in [1.82, 2.24) is 0 Å². The third-order valence-corrected chi connectivity index (χ3v) is 3.28. The maximum Gasteiger partial charge on any atom is 0.203 e. The number of hydrogen-bond donors (Lipinski definition) is 0. The van der Waals surface area contributed by atoms with Crippen LogP contribution < -0.4 is 14.2 Å². The molecule has 0 N–H and O–H groups in total. The Morgan fingerprint density at radius 2 is 1.68 bits per heavy atom. The zero-order valence-corrected chi connectivity index (χ0v) is 12.9. The first-order chi connectivity index (χ1) is 9.12. The van der Waals surface area contributed by atoms with E-state index in [1.807, 2.05) is 19.1 Å². The lowest BCUT2D eigenvalue weighted by Crippen LogP contribution is -2.06. The minimum atomic E-state index is 0.555. The minimum absolute atomic E-state index is 0.555. The van der Waals surface area contributed by atoms with E-state index >= 15 is 0 Å². The summed E-state index contributed by atoms with van der Waals surface area (Å²) in [5.41, 5.74) is 1.08. The Bertz CT molecular complexity index is 368. The van der Waals surface area contributed by atoms with Crippen molar-refractivity contribution in [3.05, 3.63) is 17.7 Å². The van der Waals surface area contributed by atoms with Crippen LogP contribution >= 0.6 is 11.6 Å². The van der Waals surface area contributed by atoms with E-state index in [2.05, 4.69) is 6.92 Å². The zero-order chi connectivity index (χ0) is 14.3. The van der Waals surface area contributed by atoms with Crippen LogP contribution in [0.15, 0.2) is 12.1 Å². The van der Waals surface area contributed by atoms with Crippen LogP contribution in [0.3, 0.4) is 0 Å². The van der Waals surface area contributed by atoms with Gasteiger partial charge in [0.1, 0.15) is 0 Å². The van der Waals surface area contributed by atoms with E-state index in [4.69, 9.17) is 25.8 Å². The molecule has 1 aromatic carbocycles. The third-order valence-electron chi connectivity index (χ3n) is 3.06. The summed E-state index contributed by atoms with van der Waals surface area (Å²) in [5, 5.41) is 0. The number of ether oxygens (including phenoxy) is 3. The highest BCUT2D eigenvalue weighted by atomic mass is 35.5. The standard InChI is InChI=1S/C15H23ClO3/c1-11(5-7-16)6-8-19-15-13(17-3)9-12(2)10-14(15)18-4/h9-11H,5-8H2,1-4H3. The zero-order valence-electron chi connectivity index (χ0n) is 12.2. The molecule has 1 rings (SSSR count). The quantitative estimate of drug-likeness (QED) is 0.675. The van der Waals surface area contributed by atoms with Gasteiger partial charge in [0.25, 0.3) is 0 Å². The monoisotopic (exact) mass is 286 g/mol. The van der Waals surface area contributed by atoms with E-state index in [1.54, 1.807) is 14.2 Å². The van der Waals surface area contributed by atoms with Gasteiger partial charge in [0, 0.05) is 5.88 Å². The van der Waals surface area contributed by atoms with E-state index in [-0.39, 0.29) is 0 Å². The van der Waals surface area contributed by atoms with Crippen LogP contribution in [0, 0.1) is 12.8 Å². The summed E-state index contributed by atoms with van der Waals surface area (Å²) in [6.45, 7) is 4.81. The molecule has 1 aromatic rings. The number of hydrogen-bond acceptors (Lipinski definition) is 3. The van der Waals surface area contributed by atoms with Crippen molar-refractivity contribution in [2.45, 2.75) is 26.7 Å². The fourth-order valence-corrected chi connectivity index (χ4v) is 2.22. The number of methoxy groups -OCH3 is 2. The highest BCUT2D eigenvalue weighted by Gasteiger charge is 2.13. The van der Waals surface area contributed by atoms with Crippen molar-refractivity contribution in [1.29, 1.82) is 0 Å². The van der Waals surface area contributed by atoms with Gasteiger partial charge in [-0.25, -0.2) is 0 Å². The van der Waals surface area contributed by atoms with Crippen LogP contribution in [-0.4, -0.2) is 26.7 Å². The van der Waals surface area contributed by atoms with Crippen LogP contribution in [0.5, 0.6) is 17.2 Å². The van der Waals surface area contributed by atoms with Gasteiger partial charge in [-0.1, -0.05) is 6.92 Å². The summed E-state index contributed by atoms with van der Waals surface area (Å²) in [6.07, 6.45) is 1.97. The molecule has 4 heteroatoms.